The summed E-state index contributed by atoms with van der Waals surface area (Å²) in [6, 6.07) is 12.5. The molecule has 0 bridgehead atoms. The molecule has 1 atom stereocenters. The van der Waals surface area contributed by atoms with Crippen molar-refractivity contribution in [2.75, 3.05) is 55.8 Å². The molecule has 164 valence electrons. The number of morpholine rings is 1. The van der Waals surface area contributed by atoms with E-state index in [1.54, 1.807) is 18.3 Å². The summed E-state index contributed by atoms with van der Waals surface area (Å²) in [7, 11) is 0. The molecular formula is C23H26FN3O4. The van der Waals surface area contributed by atoms with Crippen molar-refractivity contribution in [3.05, 3.63) is 53.8 Å². The molecule has 31 heavy (non-hydrogen) atoms. The maximum atomic E-state index is 14.7. The summed E-state index contributed by atoms with van der Waals surface area (Å²) in [6.07, 6.45) is 0.872. The van der Waals surface area contributed by atoms with Gasteiger partial charge in [-0.2, -0.15) is 0 Å². The number of carbonyl (C=O) groups is 1. The molecule has 2 aliphatic rings. The lowest BCUT2D eigenvalue weighted by atomic mass is 10.2. The highest BCUT2D eigenvalue weighted by atomic mass is 19.1. The number of hydrogen-bond acceptors (Lipinski definition) is 6. The predicted octanol–water partition coefficient (Wildman–Crippen LogP) is 3.51. The Labute approximate surface area is 181 Å². The van der Waals surface area contributed by atoms with E-state index < -0.39 is 6.09 Å². The number of hydrogen-bond donors (Lipinski definition) is 0. The van der Waals surface area contributed by atoms with Crippen LogP contribution in [0.5, 0.6) is 5.75 Å². The lowest BCUT2D eigenvalue weighted by molar-refractivity contribution is 0.122. The van der Waals surface area contributed by atoms with Gasteiger partial charge < -0.3 is 19.1 Å². The lowest BCUT2D eigenvalue weighted by Gasteiger charge is -2.29. The largest absolute Gasteiger partial charge is 0.494 e. The second-order valence-electron chi connectivity index (χ2n) is 7.35. The Hall–Kier alpha value is -3.13. The van der Waals surface area contributed by atoms with Gasteiger partial charge in [-0.15, -0.1) is 0 Å². The van der Waals surface area contributed by atoms with Crippen LogP contribution in [-0.2, 0) is 9.47 Å². The second-order valence-corrected chi connectivity index (χ2v) is 7.35. The van der Waals surface area contributed by atoms with Crippen molar-refractivity contribution in [3.8, 4) is 5.75 Å². The number of carbonyl (C=O) groups excluding carboxylic acids is 1. The first kappa shape index (κ1) is 21.1. The molecule has 0 N–H and O–H groups in total. The van der Waals surface area contributed by atoms with E-state index >= 15 is 0 Å². The molecular weight excluding hydrogens is 401 g/mol. The van der Waals surface area contributed by atoms with Crippen molar-refractivity contribution in [2.24, 2.45) is 4.99 Å². The van der Waals surface area contributed by atoms with Gasteiger partial charge in [0.25, 0.3) is 0 Å². The summed E-state index contributed by atoms with van der Waals surface area (Å²) >= 11 is 0. The van der Waals surface area contributed by atoms with Crippen LogP contribution in [0, 0.1) is 5.82 Å². The zero-order valence-electron chi connectivity index (χ0n) is 17.5. The maximum absolute atomic E-state index is 14.7. The molecule has 2 heterocycles. The van der Waals surface area contributed by atoms with Gasteiger partial charge in [0.05, 0.1) is 44.3 Å². The van der Waals surface area contributed by atoms with Gasteiger partial charge in [-0.1, -0.05) is 0 Å². The normalized spacial score (nSPS) is 19.2. The van der Waals surface area contributed by atoms with Crippen molar-refractivity contribution in [3.63, 3.8) is 0 Å². The minimum atomic E-state index is -0.486. The fourth-order valence-corrected chi connectivity index (χ4v) is 3.64. The molecule has 4 rings (SSSR count). The van der Waals surface area contributed by atoms with E-state index in [4.69, 9.17) is 14.2 Å². The summed E-state index contributed by atoms with van der Waals surface area (Å²) in [4.78, 5) is 20.1. The Kier molecular flexibility index (Phi) is 6.66. The molecule has 0 spiro atoms. The molecule has 0 aliphatic carbocycles. The molecule has 2 aliphatic heterocycles. The number of nitrogens with zero attached hydrogens (tertiary/aromatic N) is 3. The van der Waals surface area contributed by atoms with Crippen LogP contribution in [0.2, 0.25) is 0 Å². The van der Waals surface area contributed by atoms with Crippen LogP contribution in [0.4, 0.5) is 20.6 Å². The molecule has 2 aromatic carbocycles. The second kappa shape index (κ2) is 9.78. The number of halogens is 1. The van der Waals surface area contributed by atoms with E-state index in [0.717, 1.165) is 11.3 Å². The molecule has 7 nitrogen and oxygen atoms in total. The summed E-state index contributed by atoms with van der Waals surface area (Å²) in [5.41, 5.74) is 1.94. The van der Waals surface area contributed by atoms with Crippen LogP contribution in [0.1, 0.15) is 12.5 Å². The predicted molar refractivity (Wildman–Crippen MR) is 117 cm³/mol. The molecule has 1 amide bonds. The fraction of sp³-hybridized carbons (Fsp3) is 0.391. The molecule has 2 fully saturated rings. The quantitative estimate of drug-likeness (QED) is 0.633. The molecule has 0 aromatic heterocycles. The monoisotopic (exact) mass is 427 g/mol. The van der Waals surface area contributed by atoms with Gasteiger partial charge in [0.15, 0.2) is 0 Å². The van der Waals surface area contributed by atoms with Crippen LogP contribution in [0.3, 0.4) is 0 Å². The third-order valence-electron chi connectivity index (χ3n) is 5.21. The number of aliphatic imine (C=N–C) groups is 1. The Morgan fingerprint density at radius 3 is 2.68 bits per heavy atom. The SMILES string of the molecule is CCOc1ccc(C=NC[C@H]2CN(c3ccc(N4CCOCC4)c(F)c3)C(=O)O2)cc1. The number of benzene rings is 2. The van der Waals surface area contributed by atoms with Crippen molar-refractivity contribution in [1.29, 1.82) is 0 Å². The minimum Gasteiger partial charge on any atom is -0.494 e. The van der Waals surface area contributed by atoms with E-state index in [0.29, 0.717) is 57.4 Å². The topological polar surface area (TPSA) is 63.6 Å². The van der Waals surface area contributed by atoms with Gasteiger partial charge in [0.1, 0.15) is 17.7 Å². The highest BCUT2D eigenvalue weighted by Gasteiger charge is 2.32. The standard InChI is InChI=1S/C23H26FN3O4/c1-2-30-19-6-3-17(4-7-19)14-25-15-20-16-27(23(28)31-20)18-5-8-22(21(24)13-18)26-9-11-29-12-10-26/h3-8,13-14,20H,2,9-12,15-16H2,1H3/t20-/m0/s1. The van der Waals surface area contributed by atoms with Gasteiger partial charge >= 0.3 is 6.09 Å². The van der Waals surface area contributed by atoms with E-state index in [1.165, 1.54) is 11.0 Å². The summed E-state index contributed by atoms with van der Waals surface area (Å²) < 4.78 is 30.8. The molecule has 2 saturated heterocycles. The van der Waals surface area contributed by atoms with Crippen LogP contribution in [0.25, 0.3) is 0 Å². The van der Waals surface area contributed by atoms with Crippen molar-refractivity contribution < 1.29 is 23.4 Å². The third-order valence-corrected chi connectivity index (χ3v) is 5.21. The first-order valence-electron chi connectivity index (χ1n) is 10.5. The number of cyclic esters (lactones) is 1. The molecule has 0 unspecified atom stereocenters. The van der Waals surface area contributed by atoms with E-state index in [1.807, 2.05) is 36.1 Å². The smallest absolute Gasteiger partial charge is 0.414 e. The van der Waals surface area contributed by atoms with Crippen LogP contribution in [-0.4, -0.2) is 64.4 Å². The average molecular weight is 427 g/mol. The first-order chi connectivity index (χ1) is 15.1. The van der Waals surface area contributed by atoms with Crippen LogP contribution < -0.4 is 14.5 Å². The van der Waals surface area contributed by atoms with E-state index in [2.05, 4.69) is 4.99 Å². The van der Waals surface area contributed by atoms with Gasteiger partial charge in [0.2, 0.25) is 0 Å². The minimum absolute atomic E-state index is 0.329. The van der Waals surface area contributed by atoms with Crippen LogP contribution in [0.15, 0.2) is 47.5 Å². The van der Waals surface area contributed by atoms with Gasteiger partial charge in [0, 0.05) is 19.3 Å². The number of amides is 1. The Morgan fingerprint density at radius 1 is 1.19 bits per heavy atom. The van der Waals surface area contributed by atoms with Crippen molar-refractivity contribution >= 4 is 23.7 Å². The zero-order chi connectivity index (χ0) is 21.6. The average Bonchev–Trinajstić information content (AvgIpc) is 3.16. The van der Waals surface area contributed by atoms with E-state index in [-0.39, 0.29) is 11.9 Å². The Balaban J connectivity index is 1.35. The maximum Gasteiger partial charge on any atom is 0.414 e. The highest BCUT2D eigenvalue weighted by Crippen LogP contribution is 2.28. The summed E-state index contributed by atoms with van der Waals surface area (Å²) in [5.74, 6) is 0.455. The van der Waals surface area contributed by atoms with Crippen molar-refractivity contribution in [1.82, 2.24) is 0 Å². The zero-order valence-corrected chi connectivity index (χ0v) is 17.5. The molecule has 2 aromatic rings. The Morgan fingerprint density at radius 2 is 1.97 bits per heavy atom. The van der Waals surface area contributed by atoms with E-state index in [9.17, 15) is 9.18 Å². The molecule has 8 heteroatoms. The number of anilines is 2. The van der Waals surface area contributed by atoms with Gasteiger partial charge in [-0.05, 0) is 55.0 Å². The fourth-order valence-electron chi connectivity index (χ4n) is 3.64. The Bertz CT molecular complexity index is 929. The highest BCUT2D eigenvalue weighted by molar-refractivity contribution is 5.90. The molecule has 0 radical (unpaired) electrons. The van der Waals surface area contributed by atoms with Crippen LogP contribution >= 0.6 is 0 Å². The summed E-state index contributed by atoms with van der Waals surface area (Å²) in [5, 5.41) is 0. The third kappa shape index (κ3) is 5.14. The first-order valence-corrected chi connectivity index (χ1v) is 10.5. The molecule has 0 saturated carbocycles. The number of rotatable bonds is 7. The van der Waals surface area contributed by atoms with Crippen molar-refractivity contribution in [2.45, 2.75) is 13.0 Å². The lowest BCUT2D eigenvalue weighted by Crippen LogP contribution is -2.36. The van der Waals surface area contributed by atoms with Gasteiger partial charge in [-0.25, -0.2) is 9.18 Å². The van der Waals surface area contributed by atoms with Gasteiger partial charge in [-0.3, -0.25) is 9.89 Å². The summed E-state index contributed by atoms with van der Waals surface area (Å²) in [6.45, 7) is 5.69. The number of ether oxygens (including phenoxy) is 3.